The molecule has 1 fully saturated rings. The van der Waals surface area contributed by atoms with Crippen LogP contribution in [0, 0.1) is 21.4 Å². The van der Waals surface area contributed by atoms with Crippen LogP contribution in [0.25, 0.3) is 10.9 Å². The van der Waals surface area contributed by atoms with Crippen molar-refractivity contribution in [2.45, 2.75) is 20.3 Å². The maximum Gasteiger partial charge on any atom is 0.271 e. The van der Waals surface area contributed by atoms with E-state index in [1.807, 2.05) is 0 Å². The molecule has 1 atom stereocenters. The molecule has 1 aliphatic carbocycles. The number of nitro benzene ring substituents is 1. The third-order valence-electron chi connectivity index (χ3n) is 3.97. The molecule has 3 rings (SSSR count). The molecule has 1 heterocycles. The summed E-state index contributed by atoms with van der Waals surface area (Å²) >= 11 is 0. The number of ketones is 1. The Morgan fingerprint density at radius 3 is 2.74 bits per heavy atom. The second-order valence-electron chi connectivity index (χ2n) is 5.80. The summed E-state index contributed by atoms with van der Waals surface area (Å²) in [6.07, 6.45) is 2.57. The maximum atomic E-state index is 12.4. The summed E-state index contributed by atoms with van der Waals surface area (Å²) in [5, 5.41) is 11.5. The number of hydrogen-bond acceptors (Lipinski definition) is 3. The van der Waals surface area contributed by atoms with E-state index in [1.54, 1.807) is 12.3 Å². The second kappa shape index (κ2) is 3.66. The number of benzene rings is 1. The maximum absolute atomic E-state index is 12.4. The zero-order valence-corrected chi connectivity index (χ0v) is 10.8. The monoisotopic (exact) mass is 258 g/mol. The van der Waals surface area contributed by atoms with Crippen LogP contribution in [-0.4, -0.2) is 15.7 Å². The predicted molar refractivity (Wildman–Crippen MR) is 71.2 cm³/mol. The van der Waals surface area contributed by atoms with Crippen molar-refractivity contribution >= 4 is 22.4 Å². The molecule has 1 aromatic heterocycles. The SMILES string of the molecule is CC1(C)CC1C(=O)c1c[nH]c2cc([N+](=O)[O-])ccc12. The van der Waals surface area contributed by atoms with Gasteiger partial charge in [-0.15, -0.1) is 0 Å². The molecule has 0 amide bonds. The molecule has 19 heavy (non-hydrogen) atoms. The Hall–Kier alpha value is -2.17. The number of carbonyl (C=O) groups excluding carboxylic acids is 1. The minimum atomic E-state index is -0.439. The molecule has 2 aromatic rings. The largest absolute Gasteiger partial charge is 0.360 e. The molecule has 1 saturated carbocycles. The first-order chi connectivity index (χ1) is 8.90. The Morgan fingerprint density at radius 1 is 1.47 bits per heavy atom. The van der Waals surface area contributed by atoms with E-state index in [-0.39, 0.29) is 22.8 Å². The molecule has 0 aliphatic heterocycles. The van der Waals surface area contributed by atoms with Crippen molar-refractivity contribution in [3.63, 3.8) is 0 Å². The number of aromatic nitrogens is 1. The number of aromatic amines is 1. The Kier molecular flexibility index (Phi) is 2.29. The summed E-state index contributed by atoms with van der Waals surface area (Å²) in [5.74, 6) is 0.201. The van der Waals surface area contributed by atoms with Crippen molar-refractivity contribution in [2.24, 2.45) is 11.3 Å². The lowest BCUT2D eigenvalue weighted by Crippen LogP contribution is -2.05. The average molecular weight is 258 g/mol. The van der Waals surface area contributed by atoms with E-state index < -0.39 is 4.92 Å². The summed E-state index contributed by atoms with van der Waals surface area (Å²) in [5.41, 5.74) is 1.39. The number of nitrogens with one attached hydrogen (secondary N) is 1. The van der Waals surface area contributed by atoms with Gasteiger partial charge in [0, 0.05) is 35.2 Å². The molecule has 5 nitrogen and oxygen atoms in total. The van der Waals surface area contributed by atoms with Gasteiger partial charge in [0.1, 0.15) is 0 Å². The van der Waals surface area contributed by atoms with Crippen LogP contribution in [0.3, 0.4) is 0 Å². The number of hydrogen-bond donors (Lipinski definition) is 1. The molecule has 1 aliphatic rings. The third kappa shape index (κ3) is 1.82. The van der Waals surface area contributed by atoms with Crippen LogP contribution in [0.1, 0.15) is 30.6 Å². The molecule has 1 unspecified atom stereocenters. The molecular formula is C14H14N2O3. The van der Waals surface area contributed by atoms with E-state index in [2.05, 4.69) is 18.8 Å². The number of H-pyrrole nitrogens is 1. The second-order valence-corrected chi connectivity index (χ2v) is 5.80. The van der Waals surface area contributed by atoms with E-state index >= 15 is 0 Å². The van der Waals surface area contributed by atoms with E-state index in [0.717, 1.165) is 11.8 Å². The number of Topliss-reactive ketones (excluding diaryl/α,β-unsaturated/α-hetero) is 1. The van der Waals surface area contributed by atoms with Gasteiger partial charge >= 0.3 is 0 Å². The normalized spacial score (nSPS) is 20.4. The van der Waals surface area contributed by atoms with Crippen molar-refractivity contribution in [2.75, 3.05) is 0 Å². The van der Waals surface area contributed by atoms with Crippen LogP contribution in [0.15, 0.2) is 24.4 Å². The van der Waals surface area contributed by atoms with Gasteiger partial charge in [0.2, 0.25) is 0 Å². The first-order valence-electron chi connectivity index (χ1n) is 6.20. The van der Waals surface area contributed by atoms with Gasteiger partial charge in [-0.25, -0.2) is 0 Å². The molecule has 0 bridgehead atoms. The first kappa shape index (κ1) is 11.9. The van der Waals surface area contributed by atoms with Crippen LogP contribution < -0.4 is 0 Å². The van der Waals surface area contributed by atoms with Gasteiger partial charge in [-0.1, -0.05) is 13.8 Å². The summed E-state index contributed by atoms with van der Waals surface area (Å²) < 4.78 is 0. The van der Waals surface area contributed by atoms with Crippen molar-refractivity contribution in [1.82, 2.24) is 4.98 Å². The number of rotatable bonds is 3. The van der Waals surface area contributed by atoms with Crippen molar-refractivity contribution in [1.29, 1.82) is 0 Å². The standard InChI is InChI=1S/C14H14N2O3/c1-14(2)6-11(14)13(17)10-7-15-12-5-8(16(18)19)3-4-9(10)12/h3-5,7,11,15H,6H2,1-2H3. The van der Waals surface area contributed by atoms with Crippen LogP contribution in [0.2, 0.25) is 0 Å². The highest BCUT2D eigenvalue weighted by molar-refractivity contribution is 6.10. The summed E-state index contributed by atoms with van der Waals surface area (Å²) in [7, 11) is 0. The van der Waals surface area contributed by atoms with Gasteiger partial charge in [0.25, 0.3) is 5.69 Å². The minimum absolute atomic E-state index is 0.0279. The van der Waals surface area contributed by atoms with Gasteiger partial charge in [0.15, 0.2) is 5.78 Å². The highest BCUT2D eigenvalue weighted by atomic mass is 16.6. The van der Waals surface area contributed by atoms with E-state index in [1.165, 1.54) is 12.1 Å². The smallest absolute Gasteiger partial charge is 0.271 e. The lowest BCUT2D eigenvalue weighted by molar-refractivity contribution is -0.384. The van der Waals surface area contributed by atoms with Crippen LogP contribution in [0.5, 0.6) is 0 Å². The Bertz CT molecular complexity index is 700. The Labute approximate surface area is 109 Å². The molecule has 1 N–H and O–H groups in total. The number of nitrogens with zero attached hydrogens (tertiary/aromatic N) is 1. The van der Waals surface area contributed by atoms with Crippen molar-refractivity contribution < 1.29 is 9.72 Å². The van der Waals surface area contributed by atoms with E-state index in [9.17, 15) is 14.9 Å². The fourth-order valence-corrected chi connectivity index (χ4v) is 2.53. The van der Waals surface area contributed by atoms with Crippen LogP contribution in [-0.2, 0) is 0 Å². The fraction of sp³-hybridized carbons (Fsp3) is 0.357. The molecule has 98 valence electrons. The molecular weight excluding hydrogens is 244 g/mol. The molecule has 0 spiro atoms. The van der Waals surface area contributed by atoms with E-state index in [0.29, 0.717) is 11.1 Å². The quantitative estimate of drug-likeness (QED) is 0.521. The lowest BCUT2D eigenvalue weighted by Gasteiger charge is -2.01. The lowest BCUT2D eigenvalue weighted by atomic mass is 10.0. The van der Waals surface area contributed by atoms with Gasteiger partial charge in [-0.05, 0) is 17.9 Å². The number of non-ortho nitro benzene ring substituents is 1. The van der Waals surface area contributed by atoms with E-state index in [4.69, 9.17) is 0 Å². The molecule has 0 saturated heterocycles. The Morgan fingerprint density at radius 2 is 2.16 bits per heavy atom. The minimum Gasteiger partial charge on any atom is -0.360 e. The van der Waals surface area contributed by atoms with Crippen molar-refractivity contribution in [3.05, 3.63) is 40.1 Å². The number of carbonyl (C=O) groups is 1. The van der Waals surface area contributed by atoms with Crippen LogP contribution >= 0.6 is 0 Å². The van der Waals surface area contributed by atoms with Gasteiger partial charge < -0.3 is 4.98 Å². The van der Waals surface area contributed by atoms with Crippen molar-refractivity contribution in [3.8, 4) is 0 Å². The summed E-state index contributed by atoms with van der Waals surface area (Å²) in [4.78, 5) is 25.6. The first-order valence-corrected chi connectivity index (χ1v) is 6.20. The highest BCUT2D eigenvalue weighted by Gasteiger charge is 2.50. The number of fused-ring (bicyclic) bond motifs is 1. The fourth-order valence-electron chi connectivity index (χ4n) is 2.53. The topological polar surface area (TPSA) is 76.0 Å². The number of nitro groups is 1. The third-order valence-corrected chi connectivity index (χ3v) is 3.97. The predicted octanol–water partition coefficient (Wildman–Crippen LogP) is 3.30. The van der Waals surface area contributed by atoms with Gasteiger partial charge in [-0.2, -0.15) is 0 Å². The highest BCUT2D eigenvalue weighted by Crippen LogP contribution is 2.53. The van der Waals surface area contributed by atoms with Gasteiger partial charge in [0.05, 0.1) is 10.4 Å². The molecule has 5 heteroatoms. The Balaban J connectivity index is 2.02. The average Bonchev–Trinajstić information content (AvgIpc) is 2.83. The molecule has 1 aromatic carbocycles. The van der Waals surface area contributed by atoms with Gasteiger partial charge in [-0.3, -0.25) is 14.9 Å². The zero-order valence-electron chi connectivity index (χ0n) is 10.8. The summed E-state index contributed by atoms with van der Waals surface area (Å²) in [6.45, 7) is 4.16. The zero-order chi connectivity index (χ0) is 13.8. The summed E-state index contributed by atoms with van der Waals surface area (Å²) in [6, 6.07) is 4.54. The van der Waals surface area contributed by atoms with Crippen LogP contribution in [0.4, 0.5) is 5.69 Å². The molecule has 0 radical (unpaired) electrons.